The van der Waals surface area contributed by atoms with Crippen LogP contribution in [0.15, 0.2) is 6.07 Å². The summed E-state index contributed by atoms with van der Waals surface area (Å²) in [5.74, 6) is 5.36. The van der Waals surface area contributed by atoms with Gasteiger partial charge in [-0.15, -0.1) is 11.3 Å². The van der Waals surface area contributed by atoms with Crippen molar-refractivity contribution in [3.8, 4) is 11.8 Å². The molecule has 0 bridgehead atoms. The molecule has 3 rings (SSSR count). The van der Waals surface area contributed by atoms with E-state index in [9.17, 15) is 19.5 Å². The van der Waals surface area contributed by atoms with Gasteiger partial charge in [-0.25, -0.2) is 4.79 Å². The van der Waals surface area contributed by atoms with E-state index in [-0.39, 0.29) is 46.2 Å². The fourth-order valence-corrected chi connectivity index (χ4v) is 6.00. The smallest absolute Gasteiger partial charge is 0.348 e. The number of thiophene rings is 1. The van der Waals surface area contributed by atoms with E-state index in [2.05, 4.69) is 18.8 Å². The van der Waals surface area contributed by atoms with Crippen LogP contribution in [0.2, 0.25) is 0 Å². The summed E-state index contributed by atoms with van der Waals surface area (Å²) in [7, 11) is 0. The zero-order valence-corrected chi connectivity index (χ0v) is 24.5. The monoisotopic (exact) mass is 544 g/mol. The van der Waals surface area contributed by atoms with E-state index in [1.807, 2.05) is 34.6 Å². The maximum absolute atomic E-state index is 14.0. The number of hydrogen-bond donors (Lipinski definition) is 2. The third-order valence-corrected chi connectivity index (χ3v) is 8.64. The van der Waals surface area contributed by atoms with E-state index < -0.39 is 12.0 Å². The number of carboxylic acid groups (broad SMARTS) is 1. The van der Waals surface area contributed by atoms with Crippen molar-refractivity contribution in [1.82, 2.24) is 0 Å². The van der Waals surface area contributed by atoms with Crippen molar-refractivity contribution in [2.45, 2.75) is 111 Å². The molecule has 0 saturated heterocycles. The standard InChI is InChI=1S/C30H44N2O5S/c1-18(2)25(31)29(36)37-22-13-11-21(12-14-22)32(27(33)20-9-7-19(3)8-10-20)24-17-23(15-16-30(4,5)6)38-26(24)28(34)35/h17-22,25H,7-14,31H2,1-6H3,(H,34,35)/t19-,20-,21-,22-,25-/m1/s1. The average Bonchev–Trinajstić information content (AvgIpc) is 3.27. The quantitative estimate of drug-likeness (QED) is 0.330. The minimum atomic E-state index is -1.05. The number of aromatic carboxylic acids is 1. The lowest BCUT2D eigenvalue weighted by atomic mass is 9.81. The van der Waals surface area contributed by atoms with Crippen molar-refractivity contribution in [1.29, 1.82) is 0 Å². The van der Waals surface area contributed by atoms with Crippen molar-refractivity contribution in [3.63, 3.8) is 0 Å². The molecule has 8 heteroatoms. The zero-order valence-electron chi connectivity index (χ0n) is 23.7. The summed E-state index contributed by atoms with van der Waals surface area (Å²) < 4.78 is 5.69. The molecule has 0 aromatic carbocycles. The maximum Gasteiger partial charge on any atom is 0.348 e. The molecule has 0 radical (unpaired) electrons. The van der Waals surface area contributed by atoms with Crippen LogP contribution >= 0.6 is 11.3 Å². The van der Waals surface area contributed by atoms with Crippen LogP contribution in [0.4, 0.5) is 5.69 Å². The minimum Gasteiger partial charge on any atom is -0.477 e. The van der Waals surface area contributed by atoms with Gasteiger partial charge in [0.25, 0.3) is 0 Å². The highest BCUT2D eigenvalue weighted by Crippen LogP contribution is 2.39. The van der Waals surface area contributed by atoms with Crippen molar-refractivity contribution in [3.05, 3.63) is 15.8 Å². The molecule has 2 saturated carbocycles. The second kappa shape index (κ2) is 12.7. The first-order valence-electron chi connectivity index (χ1n) is 14.0. The highest BCUT2D eigenvalue weighted by atomic mass is 32.1. The van der Waals surface area contributed by atoms with Gasteiger partial charge in [-0.2, -0.15) is 0 Å². The van der Waals surface area contributed by atoms with E-state index in [1.54, 1.807) is 11.0 Å². The molecular formula is C30H44N2O5S. The lowest BCUT2D eigenvalue weighted by Crippen LogP contribution is -2.48. The van der Waals surface area contributed by atoms with Crippen molar-refractivity contribution in [2.24, 2.45) is 28.9 Å². The summed E-state index contributed by atoms with van der Waals surface area (Å²) in [6.45, 7) is 12.0. The molecule has 1 aromatic heterocycles. The normalized spacial score (nSPS) is 24.7. The Labute approximate surface area is 231 Å². The van der Waals surface area contributed by atoms with Crippen molar-refractivity contribution in [2.75, 3.05) is 4.90 Å². The molecule has 2 aliphatic carbocycles. The zero-order chi connectivity index (χ0) is 28.2. The molecule has 0 unspecified atom stereocenters. The number of carboxylic acids is 1. The second-order valence-corrected chi connectivity index (χ2v) is 13.5. The fraction of sp³-hybridized carbons (Fsp3) is 0.700. The molecule has 0 spiro atoms. The predicted octanol–water partition coefficient (Wildman–Crippen LogP) is 5.84. The highest BCUT2D eigenvalue weighted by Gasteiger charge is 2.38. The van der Waals surface area contributed by atoms with Crippen molar-refractivity contribution >= 4 is 34.9 Å². The largest absolute Gasteiger partial charge is 0.477 e. The van der Waals surface area contributed by atoms with Crippen LogP contribution < -0.4 is 10.6 Å². The Balaban J connectivity index is 1.89. The molecule has 3 N–H and O–H groups in total. The Bertz CT molecular complexity index is 1060. The second-order valence-electron chi connectivity index (χ2n) is 12.4. The van der Waals surface area contributed by atoms with Crippen LogP contribution in [0.5, 0.6) is 0 Å². The van der Waals surface area contributed by atoms with Gasteiger partial charge in [-0.1, -0.05) is 32.6 Å². The first-order valence-corrected chi connectivity index (χ1v) is 14.8. The summed E-state index contributed by atoms with van der Waals surface area (Å²) in [4.78, 5) is 41.3. The number of esters is 1. The number of nitrogens with two attached hydrogens (primary N) is 1. The van der Waals surface area contributed by atoms with Gasteiger partial charge in [0, 0.05) is 17.4 Å². The van der Waals surface area contributed by atoms with Crippen LogP contribution in [0.1, 0.15) is 107 Å². The van der Waals surface area contributed by atoms with E-state index in [0.717, 1.165) is 37.0 Å². The molecule has 210 valence electrons. The van der Waals surface area contributed by atoms with Gasteiger partial charge < -0.3 is 20.5 Å². The molecular weight excluding hydrogens is 500 g/mol. The van der Waals surface area contributed by atoms with E-state index in [1.165, 1.54) is 0 Å². The van der Waals surface area contributed by atoms with Gasteiger partial charge in [0.1, 0.15) is 17.0 Å². The Morgan fingerprint density at radius 1 is 1.08 bits per heavy atom. The van der Waals surface area contributed by atoms with E-state index >= 15 is 0 Å². The lowest BCUT2D eigenvalue weighted by molar-refractivity contribution is -0.153. The topological polar surface area (TPSA) is 110 Å². The molecule has 38 heavy (non-hydrogen) atoms. The molecule has 0 aliphatic heterocycles. The number of carbonyl (C=O) groups is 3. The van der Waals surface area contributed by atoms with Crippen LogP contribution in [-0.2, 0) is 14.3 Å². The Morgan fingerprint density at radius 3 is 2.21 bits per heavy atom. The minimum absolute atomic E-state index is 0.00577. The Kier molecular flexibility index (Phi) is 10.0. The number of anilines is 1. The molecule has 1 heterocycles. The van der Waals surface area contributed by atoms with Gasteiger partial charge >= 0.3 is 11.9 Å². The summed E-state index contributed by atoms with van der Waals surface area (Å²) in [5, 5.41) is 10.1. The number of carbonyl (C=O) groups excluding carboxylic acids is 2. The number of amides is 1. The van der Waals surface area contributed by atoms with Crippen LogP contribution in [0, 0.1) is 35.0 Å². The summed E-state index contributed by atoms with van der Waals surface area (Å²) in [6, 6.07) is 0.965. The molecule has 1 amide bonds. The van der Waals surface area contributed by atoms with Gasteiger partial charge in [0.15, 0.2) is 0 Å². The fourth-order valence-electron chi connectivity index (χ4n) is 5.16. The van der Waals surface area contributed by atoms with Crippen LogP contribution in [-0.4, -0.2) is 41.1 Å². The van der Waals surface area contributed by atoms with Gasteiger partial charge in [0.05, 0.1) is 10.6 Å². The molecule has 2 aliphatic rings. The summed E-state index contributed by atoms with van der Waals surface area (Å²) in [5.41, 5.74) is 6.19. The molecule has 1 aromatic rings. The first-order chi connectivity index (χ1) is 17.8. The molecule has 1 atom stereocenters. The predicted molar refractivity (Wildman–Crippen MR) is 151 cm³/mol. The van der Waals surface area contributed by atoms with Crippen LogP contribution in [0.3, 0.4) is 0 Å². The molecule has 7 nitrogen and oxygen atoms in total. The number of nitrogens with zero attached hydrogens (tertiary/aromatic N) is 1. The number of hydrogen-bond acceptors (Lipinski definition) is 6. The number of ether oxygens (including phenoxy) is 1. The first kappa shape index (κ1) is 30.2. The Morgan fingerprint density at radius 2 is 1.68 bits per heavy atom. The van der Waals surface area contributed by atoms with E-state index in [4.69, 9.17) is 10.5 Å². The summed E-state index contributed by atoms with van der Waals surface area (Å²) in [6.07, 6.45) is 5.86. The maximum atomic E-state index is 14.0. The van der Waals surface area contributed by atoms with Crippen LogP contribution in [0.25, 0.3) is 0 Å². The Hall–Kier alpha value is -2.37. The summed E-state index contributed by atoms with van der Waals surface area (Å²) >= 11 is 1.13. The van der Waals surface area contributed by atoms with Gasteiger partial charge in [0.2, 0.25) is 5.91 Å². The third-order valence-electron chi connectivity index (χ3n) is 7.61. The van der Waals surface area contributed by atoms with E-state index in [0.29, 0.717) is 42.2 Å². The highest BCUT2D eigenvalue weighted by molar-refractivity contribution is 7.15. The lowest BCUT2D eigenvalue weighted by Gasteiger charge is -2.39. The third kappa shape index (κ3) is 7.83. The van der Waals surface area contributed by atoms with Gasteiger partial charge in [-0.05, 0) is 90.0 Å². The van der Waals surface area contributed by atoms with Crippen molar-refractivity contribution < 1.29 is 24.2 Å². The van der Waals surface area contributed by atoms with Gasteiger partial charge in [-0.3, -0.25) is 9.59 Å². The molecule has 2 fully saturated rings. The number of rotatable bonds is 7. The average molecular weight is 545 g/mol. The SMILES string of the molecule is CC(C)[C@@H](N)C(=O)O[C@H]1CC[C@H](N(c2cc(C#CC(C)(C)C)sc2C(=O)O)C(=O)[C@H]2CC[C@H](C)CC2)CC1.